The predicted octanol–water partition coefficient (Wildman–Crippen LogP) is -0.857. The van der Waals surface area contributed by atoms with E-state index in [0.717, 1.165) is 9.13 Å². The highest BCUT2D eigenvalue weighted by molar-refractivity contribution is 5.71. The van der Waals surface area contributed by atoms with E-state index in [1.165, 1.54) is 14.1 Å². The number of nitrogens with zero attached hydrogens (tertiary/aromatic N) is 5. The molecule has 0 radical (unpaired) electrons. The molecule has 0 atom stereocenters. The molecular formula is C13H17N5O5. The van der Waals surface area contributed by atoms with Gasteiger partial charge < -0.3 is 9.47 Å². The molecule has 0 saturated carbocycles. The number of rotatable bonds is 3. The number of carbonyl (C=O) groups is 1. The van der Waals surface area contributed by atoms with E-state index in [1.54, 1.807) is 20.8 Å². The fraction of sp³-hybridized carbons (Fsp3) is 0.538. The second kappa shape index (κ2) is 5.78. The number of ether oxygens (including phenoxy) is 2. The predicted molar refractivity (Wildman–Crippen MR) is 79.2 cm³/mol. The number of carbonyl (C=O) groups excluding carboxylic acids is 1. The number of aryl methyl sites for hydroxylation is 1. The maximum Gasteiger partial charge on any atom is 0.344 e. The van der Waals surface area contributed by atoms with Crippen molar-refractivity contribution < 1.29 is 14.3 Å². The third-order valence-corrected chi connectivity index (χ3v) is 2.79. The third-order valence-electron chi connectivity index (χ3n) is 2.79. The van der Waals surface area contributed by atoms with E-state index in [-0.39, 0.29) is 17.2 Å². The van der Waals surface area contributed by atoms with Gasteiger partial charge in [-0.05, 0) is 20.8 Å². The smallest absolute Gasteiger partial charge is 0.344 e. The molecule has 0 N–H and O–H groups in total. The topological polar surface area (TPSA) is 118 Å². The molecule has 0 amide bonds. The number of hydrogen-bond donors (Lipinski definition) is 0. The lowest BCUT2D eigenvalue weighted by atomic mass is 10.2. The molecule has 2 aromatic heterocycles. The zero-order chi connectivity index (χ0) is 17.4. The molecule has 23 heavy (non-hydrogen) atoms. The highest BCUT2D eigenvalue weighted by Crippen LogP contribution is 2.08. The van der Waals surface area contributed by atoms with Crippen molar-refractivity contribution in [1.29, 1.82) is 0 Å². The summed E-state index contributed by atoms with van der Waals surface area (Å²) in [5.74, 6) is -0.602. The lowest BCUT2D eigenvalue weighted by molar-refractivity contribution is -0.157. The van der Waals surface area contributed by atoms with Gasteiger partial charge in [-0.15, -0.1) is 5.10 Å². The Morgan fingerprint density at radius 1 is 1.13 bits per heavy atom. The minimum Gasteiger partial charge on any atom is -0.457 e. The summed E-state index contributed by atoms with van der Waals surface area (Å²) in [5, 5.41) is 7.41. The van der Waals surface area contributed by atoms with Crippen LogP contribution in [0.2, 0.25) is 0 Å². The van der Waals surface area contributed by atoms with E-state index < -0.39 is 29.4 Å². The maximum absolute atomic E-state index is 12.1. The second-order valence-corrected chi connectivity index (χ2v) is 5.85. The highest BCUT2D eigenvalue weighted by Gasteiger charge is 2.18. The quantitative estimate of drug-likeness (QED) is 0.670. The monoisotopic (exact) mass is 323 g/mol. The van der Waals surface area contributed by atoms with Gasteiger partial charge in [0.25, 0.3) is 5.56 Å². The van der Waals surface area contributed by atoms with E-state index >= 15 is 0 Å². The van der Waals surface area contributed by atoms with Crippen molar-refractivity contribution in [2.75, 3.05) is 6.61 Å². The number of hydrogen-bond acceptors (Lipinski definition) is 8. The van der Waals surface area contributed by atoms with Gasteiger partial charge in [-0.25, -0.2) is 9.59 Å². The fourth-order valence-electron chi connectivity index (χ4n) is 1.79. The third kappa shape index (κ3) is 3.52. The Morgan fingerprint density at radius 2 is 1.78 bits per heavy atom. The minimum absolute atomic E-state index is 0.0303. The standard InChI is InChI=1S/C13H17N5O5/c1-13(2,3)23-7(19)6-22-11-14-8-9(15-16-11)17(4)12(21)18(5)10(8)20/h6H2,1-5H3. The van der Waals surface area contributed by atoms with Crippen molar-refractivity contribution in [3.63, 3.8) is 0 Å². The van der Waals surface area contributed by atoms with Crippen LogP contribution in [-0.2, 0) is 23.6 Å². The van der Waals surface area contributed by atoms with Crippen LogP contribution >= 0.6 is 0 Å². The van der Waals surface area contributed by atoms with Gasteiger partial charge in [0.2, 0.25) is 0 Å². The SMILES string of the molecule is Cn1c(=O)c2nc(OCC(=O)OC(C)(C)C)nnc2n(C)c1=O. The summed E-state index contributed by atoms with van der Waals surface area (Å²) in [6.07, 6.45) is 0. The summed E-state index contributed by atoms with van der Waals surface area (Å²) < 4.78 is 12.2. The first-order valence-electron chi connectivity index (χ1n) is 6.75. The van der Waals surface area contributed by atoms with Crippen LogP contribution in [0.25, 0.3) is 11.2 Å². The van der Waals surface area contributed by atoms with Gasteiger partial charge >= 0.3 is 17.7 Å². The first kappa shape index (κ1) is 16.6. The summed E-state index contributed by atoms with van der Waals surface area (Å²) in [7, 11) is 2.77. The van der Waals surface area contributed by atoms with Gasteiger partial charge in [-0.2, -0.15) is 4.98 Å². The molecule has 10 heteroatoms. The molecule has 0 bridgehead atoms. The summed E-state index contributed by atoms with van der Waals surface area (Å²) in [6, 6.07) is -0.251. The molecular weight excluding hydrogens is 306 g/mol. The van der Waals surface area contributed by atoms with Crippen LogP contribution in [-0.4, -0.2) is 42.5 Å². The van der Waals surface area contributed by atoms with Crippen molar-refractivity contribution in [3.05, 3.63) is 20.8 Å². The molecule has 0 aromatic carbocycles. The van der Waals surface area contributed by atoms with E-state index in [4.69, 9.17) is 9.47 Å². The average molecular weight is 323 g/mol. The molecule has 124 valence electrons. The normalized spacial score (nSPS) is 11.5. The molecule has 2 rings (SSSR count). The van der Waals surface area contributed by atoms with Crippen molar-refractivity contribution >= 4 is 17.1 Å². The molecule has 10 nitrogen and oxygen atoms in total. The van der Waals surface area contributed by atoms with E-state index in [9.17, 15) is 14.4 Å². The Labute approximate surface area is 130 Å². The second-order valence-electron chi connectivity index (χ2n) is 5.85. The fourth-order valence-corrected chi connectivity index (χ4v) is 1.79. The van der Waals surface area contributed by atoms with Gasteiger partial charge in [0.15, 0.2) is 17.8 Å². The molecule has 2 heterocycles. The molecule has 0 aliphatic heterocycles. The minimum atomic E-state index is -0.642. The van der Waals surface area contributed by atoms with Crippen molar-refractivity contribution in [3.8, 4) is 6.01 Å². The zero-order valence-corrected chi connectivity index (χ0v) is 13.5. The number of fused-ring (bicyclic) bond motifs is 1. The summed E-state index contributed by atoms with van der Waals surface area (Å²) in [5.41, 5.74) is -1.86. The Bertz CT molecular complexity index is 877. The number of esters is 1. The van der Waals surface area contributed by atoms with Crippen molar-refractivity contribution in [1.82, 2.24) is 24.3 Å². The van der Waals surface area contributed by atoms with Crippen LogP contribution in [0.5, 0.6) is 6.01 Å². The van der Waals surface area contributed by atoms with E-state index in [2.05, 4.69) is 15.2 Å². The summed E-state index contributed by atoms with van der Waals surface area (Å²) >= 11 is 0. The lowest BCUT2D eigenvalue weighted by Crippen LogP contribution is -2.38. The van der Waals surface area contributed by atoms with Crippen LogP contribution in [0.15, 0.2) is 9.59 Å². The van der Waals surface area contributed by atoms with Crippen LogP contribution in [0.1, 0.15) is 20.8 Å². The van der Waals surface area contributed by atoms with Crippen molar-refractivity contribution in [2.45, 2.75) is 26.4 Å². The van der Waals surface area contributed by atoms with E-state index in [0.29, 0.717) is 0 Å². The van der Waals surface area contributed by atoms with Crippen molar-refractivity contribution in [2.24, 2.45) is 14.1 Å². The van der Waals surface area contributed by atoms with E-state index in [1.807, 2.05) is 0 Å². The Hall–Kier alpha value is -2.78. The van der Waals surface area contributed by atoms with Gasteiger partial charge in [0.05, 0.1) is 0 Å². The lowest BCUT2D eigenvalue weighted by Gasteiger charge is -2.19. The van der Waals surface area contributed by atoms with Gasteiger partial charge in [0, 0.05) is 14.1 Å². The highest BCUT2D eigenvalue weighted by atomic mass is 16.6. The first-order valence-corrected chi connectivity index (χ1v) is 6.75. The maximum atomic E-state index is 12.1. The molecule has 0 fully saturated rings. The molecule has 0 aliphatic carbocycles. The Morgan fingerprint density at radius 3 is 2.39 bits per heavy atom. The molecule has 0 aliphatic rings. The molecule has 0 spiro atoms. The van der Waals surface area contributed by atoms with Crippen LogP contribution in [0, 0.1) is 0 Å². The first-order chi connectivity index (χ1) is 10.6. The van der Waals surface area contributed by atoms with Crippen LogP contribution in [0.4, 0.5) is 0 Å². The molecule has 2 aromatic rings. The average Bonchev–Trinajstić information content (AvgIpc) is 2.47. The Kier molecular flexibility index (Phi) is 4.17. The summed E-state index contributed by atoms with van der Waals surface area (Å²) in [6.45, 7) is 4.76. The number of aromatic nitrogens is 5. The van der Waals surface area contributed by atoms with Gasteiger partial charge in [0.1, 0.15) is 5.60 Å². The molecule has 0 unspecified atom stereocenters. The Balaban J connectivity index is 2.30. The largest absolute Gasteiger partial charge is 0.457 e. The van der Waals surface area contributed by atoms with Crippen LogP contribution < -0.4 is 16.0 Å². The van der Waals surface area contributed by atoms with Gasteiger partial charge in [-0.1, -0.05) is 5.10 Å². The molecule has 0 saturated heterocycles. The van der Waals surface area contributed by atoms with Crippen LogP contribution in [0.3, 0.4) is 0 Å². The zero-order valence-electron chi connectivity index (χ0n) is 13.5. The summed E-state index contributed by atoms with van der Waals surface area (Å²) in [4.78, 5) is 39.3. The van der Waals surface area contributed by atoms with Gasteiger partial charge in [-0.3, -0.25) is 13.9 Å².